The second kappa shape index (κ2) is 11.6. The predicted octanol–water partition coefficient (Wildman–Crippen LogP) is 2.93. The summed E-state index contributed by atoms with van der Waals surface area (Å²) in [5.74, 6) is 1.97. The molecule has 6 nitrogen and oxygen atoms in total. The summed E-state index contributed by atoms with van der Waals surface area (Å²) < 4.78 is 0. The van der Waals surface area contributed by atoms with Crippen LogP contribution in [0.25, 0.3) is 0 Å². The molecule has 0 aliphatic carbocycles. The Balaban J connectivity index is 0.00000392. The zero-order valence-electron chi connectivity index (χ0n) is 18.8. The molecule has 0 bridgehead atoms. The van der Waals surface area contributed by atoms with Gasteiger partial charge in [0.25, 0.3) is 0 Å². The number of hydrogen-bond donors (Lipinski definition) is 2. The van der Waals surface area contributed by atoms with Gasteiger partial charge in [-0.25, -0.2) is 0 Å². The number of rotatable bonds is 6. The van der Waals surface area contributed by atoms with Crippen LogP contribution in [0.15, 0.2) is 4.99 Å². The van der Waals surface area contributed by atoms with E-state index in [0.717, 1.165) is 44.5 Å². The zero-order chi connectivity index (χ0) is 20.0. The quantitative estimate of drug-likeness (QED) is 0.330. The summed E-state index contributed by atoms with van der Waals surface area (Å²) in [4.78, 5) is 21.7. The molecule has 2 atom stereocenters. The van der Waals surface area contributed by atoms with E-state index in [1.54, 1.807) is 0 Å². The van der Waals surface area contributed by atoms with E-state index in [0.29, 0.717) is 0 Å². The minimum Gasteiger partial charge on any atom is -0.357 e. The highest BCUT2D eigenvalue weighted by atomic mass is 127. The van der Waals surface area contributed by atoms with Crippen LogP contribution in [0, 0.1) is 11.8 Å². The monoisotopic (exact) mass is 507 g/mol. The molecule has 0 saturated carbocycles. The van der Waals surface area contributed by atoms with Gasteiger partial charge in [-0.3, -0.25) is 14.7 Å². The lowest BCUT2D eigenvalue weighted by Crippen LogP contribution is -2.52. The first-order chi connectivity index (χ1) is 12.7. The van der Waals surface area contributed by atoms with Gasteiger partial charge in [-0.1, -0.05) is 20.8 Å². The number of guanidine groups is 1. The smallest absolute Gasteiger partial charge is 0.225 e. The molecule has 0 aromatic rings. The standard InChI is InChI=1S/C21H41N5O.HI/c1-7-22-20(24-18-10-12-25(14-18)19(27)16(2)3)23-15-21(5,6)26-11-8-9-17(4)13-26;/h16-18H,7-15H2,1-6H3,(H2,22,23,24);1H. The second-order valence-corrected chi connectivity index (χ2v) is 9.27. The van der Waals surface area contributed by atoms with Gasteiger partial charge in [0, 0.05) is 43.7 Å². The van der Waals surface area contributed by atoms with E-state index in [2.05, 4.69) is 43.2 Å². The molecule has 28 heavy (non-hydrogen) atoms. The van der Waals surface area contributed by atoms with Gasteiger partial charge in [0.15, 0.2) is 5.96 Å². The van der Waals surface area contributed by atoms with Gasteiger partial charge < -0.3 is 15.5 Å². The third kappa shape index (κ3) is 7.35. The highest BCUT2D eigenvalue weighted by Crippen LogP contribution is 2.24. The van der Waals surface area contributed by atoms with Crippen LogP contribution >= 0.6 is 24.0 Å². The number of nitrogens with zero attached hydrogens (tertiary/aromatic N) is 3. The second-order valence-electron chi connectivity index (χ2n) is 9.27. The van der Waals surface area contributed by atoms with Gasteiger partial charge in [0.05, 0.1) is 6.54 Å². The molecule has 7 heteroatoms. The Morgan fingerprint density at radius 3 is 2.54 bits per heavy atom. The molecule has 0 aromatic heterocycles. The van der Waals surface area contributed by atoms with Crippen LogP contribution in [-0.2, 0) is 4.79 Å². The number of carbonyl (C=O) groups is 1. The fourth-order valence-corrected chi connectivity index (χ4v) is 4.07. The average Bonchev–Trinajstić information content (AvgIpc) is 3.07. The van der Waals surface area contributed by atoms with Crippen molar-refractivity contribution in [2.75, 3.05) is 39.3 Å². The molecular formula is C21H42IN5O. The van der Waals surface area contributed by atoms with Crippen molar-refractivity contribution in [1.29, 1.82) is 0 Å². The molecule has 2 N–H and O–H groups in total. The van der Waals surface area contributed by atoms with E-state index in [1.807, 2.05) is 18.7 Å². The maximum absolute atomic E-state index is 12.2. The van der Waals surface area contributed by atoms with Crippen LogP contribution in [0.3, 0.4) is 0 Å². The molecule has 0 aromatic carbocycles. The first-order valence-electron chi connectivity index (χ1n) is 10.8. The van der Waals surface area contributed by atoms with Gasteiger partial charge in [-0.15, -0.1) is 24.0 Å². The summed E-state index contributed by atoms with van der Waals surface area (Å²) in [6.07, 6.45) is 3.61. The number of amides is 1. The predicted molar refractivity (Wildman–Crippen MR) is 128 cm³/mol. The van der Waals surface area contributed by atoms with Crippen molar-refractivity contribution in [3.63, 3.8) is 0 Å². The maximum Gasteiger partial charge on any atom is 0.225 e. The number of aliphatic imine (C=N–C) groups is 1. The van der Waals surface area contributed by atoms with Crippen molar-refractivity contribution in [2.24, 2.45) is 16.8 Å². The maximum atomic E-state index is 12.2. The zero-order valence-corrected chi connectivity index (χ0v) is 21.1. The van der Waals surface area contributed by atoms with E-state index in [9.17, 15) is 4.79 Å². The SMILES string of the molecule is CCNC(=NCC(C)(C)N1CCCC(C)C1)NC1CCN(C(=O)C(C)C)C1.I. The third-order valence-corrected chi connectivity index (χ3v) is 5.82. The molecule has 2 rings (SSSR count). The Bertz CT molecular complexity index is 523. The topological polar surface area (TPSA) is 60.0 Å². The van der Waals surface area contributed by atoms with Gasteiger partial charge in [0.1, 0.15) is 0 Å². The van der Waals surface area contributed by atoms with E-state index in [1.165, 1.54) is 25.9 Å². The first kappa shape index (κ1) is 25.5. The number of likely N-dealkylation sites (tertiary alicyclic amines) is 2. The normalized spacial score (nSPS) is 24.2. The molecule has 0 spiro atoms. The number of hydrogen-bond acceptors (Lipinski definition) is 3. The van der Waals surface area contributed by atoms with Crippen molar-refractivity contribution >= 4 is 35.8 Å². The van der Waals surface area contributed by atoms with Crippen LogP contribution in [0.1, 0.15) is 60.8 Å². The Kier molecular flexibility index (Phi) is 10.5. The van der Waals surface area contributed by atoms with Crippen molar-refractivity contribution in [3.8, 4) is 0 Å². The van der Waals surface area contributed by atoms with Crippen molar-refractivity contribution in [3.05, 3.63) is 0 Å². The Morgan fingerprint density at radius 2 is 1.93 bits per heavy atom. The number of nitrogens with one attached hydrogen (secondary N) is 2. The summed E-state index contributed by atoms with van der Waals surface area (Å²) in [6, 6.07) is 0.281. The van der Waals surface area contributed by atoms with Gasteiger partial charge in [0.2, 0.25) is 5.91 Å². The molecule has 2 aliphatic rings. The summed E-state index contributed by atoms with van der Waals surface area (Å²) in [5.41, 5.74) is 0.0619. The Morgan fingerprint density at radius 1 is 1.21 bits per heavy atom. The van der Waals surface area contributed by atoms with Crippen molar-refractivity contribution < 1.29 is 4.79 Å². The van der Waals surface area contributed by atoms with E-state index in [-0.39, 0.29) is 47.4 Å². The summed E-state index contributed by atoms with van der Waals surface area (Å²) >= 11 is 0. The fraction of sp³-hybridized carbons (Fsp3) is 0.905. The van der Waals surface area contributed by atoms with Crippen LogP contribution in [0.4, 0.5) is 0 Å². The van der Waals surface area contributed by atoms with Crippen molar-refractivity contribution in [1.82, 2.24) is 20.4 Å². The molecule has 2 fully saturated rings. The molecule has 2 heterocycles. The Hall–Kier alpha value is -0.570. The molecular weight excluding hydrogens is 465 g/mol. The van der Waals surface area contributed by atoms with Gasteiger partial charge in [-0.2, -0.15) is 0 Å². The summed E-state index contributed by atoms with van der Waals surface area (Å²) in [6.45, 7) is 18.6. The number of halogens is 1. The molecule has 0 radical (unpaired) electrons. The molecule has 2 unspecified atom stereocenters. The lowest BCUT2D eigenvalue weighted by molar-refractivity contribution is -0.133. The molecule has 2 saturated heterocycles. The molecule has 164 valence electrons. The lowest BCUT2D eigenvalue weighted by Gasteiger charge is -2.42. The average molecular weight is 508 g/mol. The van der Waals surface area contributed by atoms with E-state index < -0.39 is 0 Å². The van der Waals surface area contributed by atoms with Crippen LogP contribution in [0.5, 0.6) is 0 Å². The summed E-state index contributed by atoms with van der Waals surface area (Å²) in [5, 5.41) is 6.93. The Labute approximate surface area is 189 Å². The van der Waals surface area contributed by atoms with Gasteiger partial charge >= 0.3 is 0 Å². The van der Waals surface area contributed by atoms with Crippen LogP contribution in [0.2, 0.25) is 0 Å². The molecule has 2 aliphatic heterocycles. The van der Waals surface area contributed by atoms with Crippen LogP contribution in [-0.4, -0.2) is 72.5 Å². The summed E-state index contributed by atoms with van der Waals surface area (Å²) in [7, 11) is 0. The van der Waals surface area contributed by atoms with E-state index >= 15 is 0 Å². The largest absolute Gasteiger partial charge is 0.357 e. The van der Waals surface area contributed by atoms with Crippen LogP contribution < -0.4 is 10.6 Å². The highest BCUT2D eigenvalue weighted by molar-refractivity contribution is 14.0. The number of carbonyl (C=O) groups excluding carboxylic acids is 1. The molecule has 1 amide bonds. The first-order valence-corrected chi connectivity index (χ1v) is 10.8. The highest BCUT2D eigenvalue weighted by Gasteiger charge is 2.31. The minimum atomic E-state index is 0. The third-order valence-electron chi connectivity index (χ3n) is 5.82. The number of piperidine rings is 1. The lowest BCUT2D eigenvalue weighted by atomic mass is 9.94. The fourth-order valence-electron chi connectivity index (χ4n) is 4.07. The van der Waals surface area contributed by atoms with Gasteiger partial charge in [-0.05, 0) is 52.5 Å². The van der Waals surface area contributed by atoms with E-state index in [4.69, 9.17) is 4.99 Å². The van der Waals surface area contributed by atoms with Crippen molar-refractivity contribution in [2.45, 2.75) is 72.4 Å². The minimum absolute atomic E-state index is 0.